The van der Waals surface area contributed by atoms with Crippen LogP contribution in [-0.2, 0) is 6.42 Å². The molecule has 2 N–H and O–H groups in total. The van der Waals surface area contributed by atoms with Gasteiger partial charge in [0.15, 0.2) is 0 Å². The van der Waals surface area contributed by atoms with Crippen molar-refractivity contribution in [1.82, 2.24) is 4.98 Å². The Labute approximate surface area is 108 Å². The van der Waals surface area contributed by atoms with Crippen molar-refractivity contribution in [2.24, 2.45) is 5.73 Å². The molecule has 0 spiro atoms. The van der Waals surface area contributed by atoms with Crippen molar-refractivity contribution < 1.29 is 0 Å². The summed E-state index contributed by atoms with van der Waals surface area (Å²) in [5.41, 5.74) is 7.97. The van der Waals surface area contributed by atoms with Crippen molar-refractivity contribution in [2.45, 2.75) is 19.4 Å². The normalized spacial score (nSPS) is 12.7. The summed E-state index contributed by atoms with van der Waals surface area (Å²) >= 11 is 5.20. The summed E-state index contributed by atoms with van der Waals surface area (Å²) in [4.78, 5) is 4.59. The summed E-state index contributed by atoms with van der Waals surface area (Å²) in [5.74, 6) is 0. The summed E-state index contributed by atoms with van der Waals surface area (Å²) in [6, 6.07) is 8.28. The zero-order valence-electron chi connectivity index (χ0n) is 8.98. The van der Waals surface area contributed by atoms with Gasteiger partial charge in [-0.2, -0.15) is 0 Å². The van der Waals surface area contributed by atoms with Gasteiger partial charge >= 0.3 is 0 Å². The Morgan fingerprint density at radius 3 is 2.88 bits per heavy atom. The molecule has 4 heteroatoms. The van der Waals surface area contributed by atoms with Gasteiger partial charge in [0.05, 0.1) is 5.69 Å². The highest BCUT2D eigenvalue weighted by atomic mass is 79.9. The lowest BCUT2D eigenvalue weighted by Crippen LogP contribution is -2.17. The Bertz CT molecular complexity index is 479. The monoisotopic (exact) mass is 296 g/mol. The second-order valence-electron chi connectivity index (χ2n) is 3.81. The lowest BCUT2D eigenvalue weighted by Gasteiger charge is -2.01. The van der Waals surface area contributed by atoms with Crippen LogP contribution in [0.2, 0.25) is 0 Å². The molecule has 0 radical (unpaired) electrons. The second kappa shape index (κ2) is 5.08. The van der Waals surface area contributed by atoms with E-state index in [0.717, 1.165) is 27.2 Å². The number of hydrogen-bond donors (Lipinski definition) is 1. The molecule has 2 rings (SSSR count). The molecule has 0 amide bonds. The van der Waals surface area contributed by atoms with E-state index >= 15 is 0 Å². The standard InChI is InChI=1S/C12H13BrN2S/c1-8(14)6-9-7-16-12(15-9)10-4-2-3-5-11(10)13/h2-5,7-8H,6,14H2,1H3. The average Bonchev–Trinajstić information content (AvgIpc) is 2.66. The number of hydrogen-bond acceptors (Lipinski definition) is 3. The Morgan fingerprint density at radius 1 is 1.44 bits per heavy atom. The van der Waals surface area contributed by atoms with Gasteiger partial charge in [-0.3, -0.25) is 0 Å². The fourth-order valence-electron chi connectivity index (χ4n) is 1.49. The van der Waals surface area contributed by atoms with Crippen LogP contribution in [0.15, 0.2) is 34.1 Å². The van der Waals surface area contributed by atoms with Crippen LogP contribution < -0.4 is 5.73 Å². The molecule has 0 aliphatic rings. The van der Waals surface area contributed by atoms with E-state index in [1.807, 2.05) is 25.1 Å². The summed E-state index contributed by atoms with van der Waals surface area (Å²) in [6.07, 6.45) is 0.834. The van der Waals surface area contributed by atoms with Crippen molar-refractivity contribution in [3.05, 3.63) is 39.8 Å². The fraction of sp³-hybridized carbons (Fsp3) is 0.250. The predicted octanol–water partition coefficient (Wildman–Crippen LogP) is 3.46. The first-order valence-corrected chi connectivity index (χ1v) is 6.79. The van der Waals surface area contributed by atoms with Crippen LogP contribution in [0.3, 0.4) is 0 Å². The van der Waals surface area contributed by atoms with Gasteiger partial charge in [-0.1, -0.05) is 34.1 Å². The van der Waals surface area contributed by atoms with Gasteiger partial charge in [0.25, 0.3) is 0 Å². The van der Waals surface area contributed by atoms with E-state index in [4.69, 9.17) is 5.73 Å². The molecule has 1 atom stereocenters. The van der Waals surface area contributed by atoms with Crippen LogP contribution in [0, 0.1) is 0 Å². The zero-order chi connectivity index (χ0) is 11.5. The third kappa shape index (κ3) is 2.70. The molecule has 0 aliphatic heterocycles. The van der Waals surface area contributed by atoms with E-state index < -0.39 is 0 Å². The van der Waals surface area contributed by atoms with Crippen LogP contribution in [-0.4, -0.2) is 11.0 Å². The van der Waals surface area contributed by atoms with Crippen LogP contribution in [0.1, 0.15) is 12.6 Å². The van der Waals surface area contributed by atoms with Gasteiger partial charge < -0.3 is 5.73 Å². The first-order valence-electron chi connectivity index (χ1n) is 5.11. The molecule has 0 saturated heterocycles. The van der Waals surface area contributed by atoms with E-state index in [0.29, 0.717) is 0 Å². The first kappa shape index (κ1) is 11.8. The molecule has 16 heavy (non-hydrogen) atoms. The number of halogens is 1. The van der Waals surface area contributed by atoms with E-state index in [2.05, 4.69) is 32.4 Å². The fourth-order valence-corrected chi connectivity index (χ4v) is 2.96. The van der Waals surface area contributed by atoms with Crippen molar-refractivity contribution in [3.8, 4) is 10.6 Å². The molecule has 84 valence electrons. The largest absolute Gasteiger partial charge is 0.328 e. The van der Waals surface area contributed by atoms with Gasteiger partial charge in [0.2, 0.25) is 0 Å². The van der Waals surface area contributed by atoms with Crippen LogP contribution in [0.25, 0.3) is 10.6 Å². The highest BCUT2D eigenvalue weighted by Crippen LogP contribution is 2.30. The first-order chi connectivity index (χ1) is 7.66. The Hall–Kier alpha value is -0.710. The van der Waals surface area contributed by atoms with Gasteiger partial charge in [-0.25, -0.2) is 4.98 Å². The van der Waals surface area contributed by atoms with Gasteiger partial charge in [-0.15, -0.1) is 11.3 Å². The predicted molar refractivity (Wildman–Crippen MR) is 72.6 cm³/mol. The highest BCUT2D eigenvalue weighted by Gasteiger charge is 2.08. The maximum Gasteiger partial charge on any atom is 0.124 e. The van der Waals surface area contributed by atoms with Crippen molar-refractivity contribution >= 4 is 27.3 Å². The molecule has 1 unspecified atom stereocenters. The Kier molecular flexibility index (Phi) is 3.74. The number of nitrogens with two attached hydrogens (primary N) is 1. The minimum absolute atomic E-state index is 0.161. The van der Waals surface area contributed by atoms with Gasteiger partial charge in [0, 0.05) is 27.9 Å². The third-order valence-electron chi connectivity index (χ3n) is 2.19. The zero-order valence-corrected chi connectivity index (χ0v) is 11.4. The molecule has 1 heterocycles. The van der Waals surface area contributed by atoms with Crippen molar-refractivity contribution in [1.29, 1.82) is 0 Å². The van der Waals surface area contributed by atoms with E-state index in [9.17, 15) is 0 Å². The molecule has 0 fully saturated rings. The third-order valence-corrected chi connectivity index (χ3v) is 3.80. The SMILES string of the molecule is CC(N)Cc1csc(-c2ccccc2Br)n1. The molecule has 0 saturated carbocycles. The lowest BCUT2D eigenvalue weighted by molar-refractivity contribution is 0.726. The topological polar surface area (TPSA) is 38.9 Å². The maximum atomic E-state index is 5.76. The number of thiazole rings is 1. The quantitative estimate of drug-likeness (QED) is 0.942. The number of benzene rings is 1. The van der Waals surface area contributed by atoms with E-state index in [1.54, 1.807) is 11.3 Å². The van der Waals surface area contributed by atoms with E-state index in [1.165, 1.54) is 0 Å². The minimum Gasteiger partial charge on any atom is -0.328 e. The highest BCUT2D eigenvalue weighted by molar-refractivity contribution is 9.10. The molecule has 0 aliphatic carbocycles. The maximum absolute atomic E-state index is 5.76. The van der Waals surface area contributed by atoms with Crippen LogP contribution in [0.5, 0.6) is 0 Å². The number of aromatic nitrogens is 1. The summed E-state index contributed by atoms with van der Waals surface area (Å²) in [5, 5.41) is 3.13. The Morgan fingerprint density at radius 2 is 2.19 bits per heavy atom. The van der Waals surface area contributed by atoms with Crippen molar-refractivity contribution in [2.75, 3.05) is 0 Å². The van der Waals surface area contributed by atoms with E-state index in [-0.39, 0.29) is 6.04 Å². The molecular formula is C12H13BrN2S. The minimum atomic E-state index is 0.161. The lowest BCUT2D eigenvalue weighted by atomic mass is 10.2. The summed E-state index contributed by atoms with van der Waals surface area (Å²) in [7, 11) is 0. The van der Waals surface area contributed by atoms with Crippen molar-refractivity contribution in [3.63, 3.8) is 0 Å². The Balaban J connectivity index is 2.28. The van der Waals surface area contributed by atoms with Crippen LogP contribution >= 0.6 is 27.3 Å². The molecule has 1 aromatic carbocycles. The molecule has 1 aromatic heterocycles. The second-order valence-corrected chi connectivity index (χ2v) is 5.52. The molecule has 0 bridgehead atoms. The summed E-state index contributed by atoms with van der Waals surface area (Å²) < 4.78 is 1.08. The van der Waals surface area contributed by atoms with Gasteiger partial charge in [-0.05, 0) is 13.0 Å². The number of rotatable bonds is 3. The van der Waals surface area contributed by atoms with Crippen LogP contribution in [0.4, 0.5) is 0 Å². The molecular weight excluding hydrogens is 284 g/mol. The van der Waals surface area contributed by atoms with Gasteiger partial charge in [0.1, 0.15) is 5.01 Å². The number of nitrogens with zero attached hydrogens (tertiary/aromatic N) is 1. The summed E-state index contributed by atoms with van der Waals surface area (Å²) in [6.45, 7) is 2.00. The molecule has 2 nitrogen and oxygen atoms in total. The average molecular weight is 297 g/mol. The smallest absolute Gasteiger partial charge is 0.124 e. The molecule has 2 aromatic rings.